The number of ether oxygens (including phenoxy) is 2. The zero-order valence-electron chi connectivity index (χ0n) is 17.5. The fraction of sp³-hybridized carbons (Fsp3) is 0.682. The van der Waals surface area contributed by atoms with E-state index in [-0.39, 0.29) is 5.82 Å². The standard InChI is InChI=1S/C22H35FN4O2/c1-24-22(25-10-2-13-28-16-19-9-14-29-17-19)26-21-7-11-27(12-8-21)15-18-3-5-20(23)6-4-18/h3-6,19,21H,2,7-17H2,1H3,(H2,24,25,26). The highest BCUT2D eigenvalue weighted by molar-refractivity contribution is 5.79. The van der Waals surface area contributed by atoms with E-state index in [0.717, 1.165) is 89.8 Å². The number of hydrogen-bond donors (Lipinski definition) is 2. The summed E-state index contributed by atoms with van der Waals surface area (Å²) in [7, 11) is 1.82. The summed E-state index contributed by atoms with van der Waals surface area (Å²) in [5.74, 6) is 1.27. The van der Waals surface area contributed by atoms with Crippen LogP contribution >= 0.6 is 0 Å². The van der Waals surface area contributed by atoms with Gasteiger partial charge in [-0.05, 0) is 43.4 Å². The van der Waals surface area contributed by atoms with Crippen molar-refractivity contribution >= 4 is 5.96 Å². The lowest BCUT2D eigenvalue weighted by Crippen LogP contribution is -2.48. The van der Waals surface area contributed by atoms with E-state index in [1.54, 1.807) is 0 Å². The number of likely N-dealkylation sites (tertiary alicyclic amines) is 1. The predicted octanol–water partition coefficient (Wildman–Crippen LogP) is 2.40. The molecule has 162 valence electrons. The zero-order valence-corrected chi connectivity index (χ0v) is 17.5. The van der Waals surface area contributed by atoms with Crippen molar-refractivity contribution in [2.75, 3.05) is 53.1 Å². The SMILES string of the molecule is CN=C(NCCCOCC1CCOC1)NC1CCN(Cc2ccc(F)cc2)CC1. The quantitative estimate of drug-likeness (QED) is 0.375. The molecule has 3 rings (SSSR count). The van der Waals surface area contributed by atoms with Crippen LogP contribution in [0.1, 0.15) is 31.2 Å². The average molecular weight is 407 g/mol. The lowest BCUT2D eigenvalue weighted by molar-refractivity contribution is 0.0888. The van der Waals surface area contributed by atoms with Crippen LogP contribution in [0.25, 0.3) is 0 Å². The Kier molecular flexibility index (Phi) is 9.18. The minimum atomic E-state index is -0.175. The third kappa shape index (κ3) is 7.91. The number of benzene rings is 1. The summed E-state index contributed by atoms with van der Waals surface area (Å²) in [6.07, 6.45) is 4.24. The predicted molar refractivity (Wildman–Crippen MR) is 114 cm³/mol. The maximum atomic E-state index is 13.0. The molecule has 2 heterocycles. The van der Waals surface area contributed by atoms with E-state index < -0.39 is 0 Å². The normalized spacial score (nSPS) is 21.4. The molecule has 0 saturated carbocycles. The molecule has 1 aromatic carbocycles. The Morgan fingerprint density at radius 3 is 2.72 bits per heavy atom. The van der Waals surface area contributed by atoms with Gasteiger partial charge in [0.05, 0.1) is 13.2 Å². The summed E-state index contributed by atoms with van der Waals surface area (Å²) in [4.78, 5) is 6.77. The Morgan fingerprint density at radius 1 is 1.24 bits per heavy atom. The molecule has 6 nitrogen and oxygen atoms in total. The Labute approximate surface area is 173 Å². The summed E-state index contributed by atoms with van der Waals surface area (Å²) in [5, 5.41) is 6.93. The van der Waals surface area contributed by atoms with Crippen molar-refractivity contribution in [2.24, 2.45) is 10.9 Å². The fourth-order valence-electron chi connectivity index (χ4n) is 3.82. The van der Waals surface area contributed by atoms with Gasteiger partial charge in [-0.15, -0.1) is 0 Å². The topological polar surface area (TPSA) is 58.1 Å². The average Bonchev–Trinajstić information content (AvgIpc) is 3.26. The van der Waals surface area contributed by atoms with Crippen LogP contribution in [0.4, 0.5) is 4.39 Å². The van der Waals surface area contributed by atoms with Crippen LogP contribution in [-0.2, 0) is 16.0 Å². The number of nitrogens with one attached hydrogen (secondary N) is 2. The molecule has 2 N–H and O–H groups in total. The van der Waals surface area contributed by atoms with Crippen molar-refractivity contribution < 1.29 is 13.9 Å². The van der Waals surface area contributed by atoms with E-state index in [0.29, 0.717) is 12.0 Å². The summed E-state index contributed by atoms with van der Waals surface area (Å²) in [6, 6.07) is 7.25. The maximum absolute atomic E-state index is 13.0. The molecule has 1 unspecified atom stereocenters. The molecule has 1 aromatic rings. The van der Waals surface area contributed by atoms with Gasteiger partial charge in [-0.2, -0.15) is 0 Å². The zero-order chi connectivity index (χ0) is 20.3. The molecule has 2 fully saturated rings. The molecule has 0 bridgehead atoms. The number of aliphatic imine (C=N–C) groups is 1. The third-order valence-electron chi connectivity index (χ3n) is 5.61. The Hall–Kier alpha value is -1.70. The number of hydrogen-bond acceptors (Lipinski definition) is 4. The summed E-state index contributed by atoms with van der Waals surface area (Å²) < 4.78 is 24.1. The molecule has 0 spiro atoms. The molecule has 0 aliphatic carbocycles. The van der Waals surface area contributed by atoms with Crippen LogP contribution in [0.2, 0.25) is 0 Å². The van der Waals surface area contributed by atoms with E-state index in [4.69, 9.17) is 9.47 Å². The monoisotopic (exact) mass is 406 g/mol. The molecule has 1 atom stereocenters. The number of halogens is 1. The van der Waals surface area contributed by atoms with Crippen LogP contribution in [0.3, 0.4) is 0 Å². The summed E-state index contributed by atoms with van der Waals surface area (Å²) >= 11 is 0. The minimum Gasteiger partial charge on any atom is -0.381 e. The van der Waals surface area contributed by atoms with Crippen molar-refractivity contribution in [1.82, 2.24) is 15.5 Å². The van der Waals surface area contributed by atoms with E-state index in [1.807, 2.05) is 19.2 Å². The highest BCUT2D eigenvalue weighted by Gasteiger charge is 2.20. The van der Waals surface area contributed by atoms with Gasteiger partial charge in [0.15, 0.2) is 5.96 Å². The molecule has 0 amide bonds. The number of rotatable bonds is 9. The highest BCUT2D eigenvalue weighted by atomic mass is 19.1. The first-order chi connectivity index (χ1) is 14.2. The summed E-state index contributed by atoms with van der Waals surface area (Å²) in [5.41, 5.74) is 1.16. The van der Waals surface area contributed by atoms with Crippen LogP contribution in [-0.4, -0.2) is 70.0 Å². The van der Waals surface area contributed by atoms with Crippen molar-refractivity contribution in [3.63, 3.8) is 0 Å². The second kappa shape index (κ2) is 12.1. The highest BCUT2D eigenvalue weighted by Crippen LogP contribution is 2.14. The Bertz CT molecular complexity index is 612. The first-order valence-corrected chi connectivity index (χ1v) is 10.8. The number of nitrogens with zero attached hydrogens (tertiary/aromatic N) is 2. The summed E-state index contributed by atoms with van der Waals surface area (Å²) in [6.45, 7) is 7.10. The molecule has 7 heteroatoms. The second-order valence-electron chi connectivity index (χ2n) is 7.98. The van der Waals surface area contributed by atoms with Crippen molar-refractivity contribution in [1.29, 1.82) is 0 Å². The molecular weight excluding hydrogens is 371 g/mol. The maximum Gasteiger partial charge on any atom is 0.191 e. The van der Waals surface area contributed by atoms with Crippen LogP contribution < -0.4 is 10.6 Å². The van der Waals surface area contributed by atoms with Gasteiger partial charge in [0, 0.05) is 58.4 Å². The van der Waals surface area contributed by atoms with Gasteiger partial charge in [0.2, 0.25) is 0 Å². The smallest absolute Gasteiger partial charge is 0.191 e. The van der Waals surface area contributed by atoms with E-state index >= 15 is 0 Å². The van der Waals surface area contributed by atoms with Crippen molar-refractivity contribution in [3.05, 3.63) is 35.6 Å². The van der Waals surface area contributed by atoms with E-state index in [2.05, 4.69) is 20.5 Å². The molecule has 2 aliphatic heterocycles. The Balaban J connectivity index is 1.25. The van der Waals surface area contributed by atoms with Crippen LogP contribution in [0.15, 0.2) is 29.3 Å². The van der Waals surface area contributed by atoms with Gasteiger partial charge in [-0.1, -0.05) is 12.1 Å². The Morgan fingerprint density at radius 2 is 2.03 bits per heavy atom. The lowest BCUT2D eigenvalue weighted by Gasteiger charge is -2.33. The molecule has 2 saturated heterocycles. The van der Waals surface area contributed by atoms with Crippen molar-refractivity contribution in [2.45, 2.75) is 38.3 Å². The lowest BCUT2D eigenvalue weighted by atomic mass is 10.0. The number of guanidine groups is 1. The van der Waals surface area contributed by atoms with Gasteiger partial charge in [0.25, 0.3) is 0 Å². The van der Waals surface area contributed by atoms with Gasteiger partial charge in [0.1, 0.15) is 5.82 Å². The molecule has 0 radical (unpaired) electrons. The van der Waals surface area contributed by atoms with Gasteiger partial charge < -0.3 is 20.1 Å². The second-order valence-corrected chi connectivity index (χ2v) is 7.98. The molecular formula is C22H35FN4O2. The van der Waals surface area contributed by atoms with Gasteiger partial charge in [-0.3, -0.25) is 9.89 Å². The van der Waals surface area contributed by atoms with Gasteiger partial charge >= 0.3 is 0 Å². The molecule has 0 aromatic heterocycles. The largest absolute Gasteiger partial charge is 0.381 e. The minimum absolute atomic E-state index is 0.175. The van der Waals surface area contributed by atoms with Crippen LogP contribution in [0.5, 0.6) is 0 Å². The number of piperidine rings is 1. The fourth-order valence-corrected chi connectivity index (χ4v) is 3.82. The first kappa shape index (κ1) is 22.0. The van der Waals surface area contributed by atoms with Crippen LogP contribution in [0, 0.1) is 11.7 Å². The molecule has 29 heavy (non-hydrogen) atoms. The van der Waals surface area contributed by atoms with E-state index in [9.17, 15) is 4.39 Å². The van der Waals surface area contributed by atoms with Gasteiger partial charge in [-0.25, -0.2) is 4.39 Å². The molecule has 2 aliphatic rings. The first-order valence-electron chi connectivity index (χ1n) is 10.8. The van der Waals surface area contributed by atoms with Crippen molar-refractivity contribution in [3.8, 4) is 0 Å². The third-order valence-corrected chi connectivity index (χ3v) is 5.61. The van der Waals surface area contributed by atoms with E-state index in [1.165, 1.54) is 12.1 Å².